The first-order chi connectivity index (χ1) is 9.06. The lowest BCUT2D eigenvalue weighted by Crippen LogP contribution is -2.34. The van der Waals surface area contributed by atoms with Crippen LogP contribution in [-0.2, 0) is 11.2 Å². The van der Waals surface area contributed by atoms with Crippen LogP contribution in [0.4, 0.5) is 0 Å². The maximum Gasteiger partial charge on any atom is 0.228 e. The predicted octanol–water partition coefficient (Wildman–Crippen LogP) is 1.73. The van der Waals surface area contributed by atoms with E-state index in [-0.39, 0.29) is 5.91 Å². The van der Waals surface area contributed by atoms with Gasteiger partial charge in [0.2, 0.25) is 5.91 Å². The average molecular weight is 259 g/mol. The van der Waals surface area contributed by atoms with Gasteiger partial charge in [-0.3, -0.25) is 4.79 Å². The molecule has 0 unspecified atom stereocenters. The molecule has 1 aromatic carbocycles. The molecule has 1 aromatic heterocycles. The number of likely N-dealkylation sites (N-methyl/N-ethyl adjacent to an activating group) is 2. The van der Waals surface area contributed by atoms with Crippen LogP contribution < -0.4 is 0 Å². The Morgan fingerprint density at radius 1 is 1.16 bits per heavy atom. The molecule has 4 heteroatoms. The molecule has 4 nitrogen and oxygen atoms in total. The van der Waals surface area contributed by atoms with E-state index in [1.165, 1.54) is 0 Å². The highest BCUT2D eigenvalue weighted by atomic mass is 16.2. The number of hydrogen-bond acceptors (Lipinski definition) is 2. The number of fused-ring (bicyclic) bond motifs is 1. The van der Waals surface area contributed by atoms with Crippen LogP contribution in [0.25, 0.3) is 10.9 Å². The van der Waals surface area contributed by atoms with Crippen molar-refractivity contribution >= 4 is 16.8 Å². The quantitative estimate of drug-likeness (QED) is 0.888. The Labute approximate surface area is 114 Å². The molecule has 0 saturated carbocycles. The zero-order chi connectivity index (χ0) is 13.8. The topological polar surface area (TPSA) is 39.3 Å². The number of H-pyrrole nitrogens is 1. The van der Waals surface area contributed by atoms with E-state index in [2.05, 4.69) is 16.0 Å². The van der Waals surface area contributed by atoms with Crippen LogP contribution in [0.3, 0.4) is 0 Å². The van der Waals surface area contributed by atoms with Crippen LogP contribution in [0, 0.1) is 0 Å². The van der Waals surface area contributed by atoms with Gasteiger partial charge in [0.15, 0.2) is 0 Å². The van der Waals surface area contributed by atoms with E-state index in [4.69, 9.17) is 0 Å². The summed E-state index contributed by atoms with van der Waals surface area (Å²) in [6.45, 7) is 1.64. The number of nitrogens with one attached hydrogen (secondary N) is 1. The molecule has 0 radical (unpaired) electrons. The van der Waals surface area contributed by atoms with E-state index in [1.807, 2.05) is 45.4 Å². The third-order valence-corrected chi connectivity index (χ3v) is 3.24. The Bertz CT molecular complexity index is 526. The fourth-order valence-electron chi connectivity index (χ4n) is 2.00. The number of aromatic nitrogens is 1. The van der Waals surface area contributed by atoms with E-state index in [0.717, 1.165) is 29.7 Å². The molecule has 1 heterocycles. The summed E-state index contributed by atoms with van der Waals surface area (Å²) in [4.78, 5) is 19.2. The van der Waals surface area contributed by atoms with Gasteiger partial charge in [0.25, 0.3) is 0 Å². The number of rotatable bonds is 5. The molecular weight excluding hydrogens is 238 g/mol. The van der Waals surface area contributed by atoms with Crippen LogP contribution in [0.2, 0.25) is 0 Å². The van der Waals surface area contributed by atoms with Crippen molar-refractivity contribution < 1.29 is 4.79 Å². The first kappa shape index (κ1) is 13.6. The van der Waals surface area contributed by atoms with Crippen molar-refractivity contribution in [1.82, 2.24) is 14.8 Å². The normalized spacial score (nSPS) is 11.2. The lowest BCUT2D eigenvalue weighted by molar-refractivity contribution is -0.129. The third kappa shape index (κ3) is 3.58. The Morgan fingerprint density at radius 3 is 2.58 bits per heavy atom. The predicted molar refractivity (Wildman–Crippen MR) is 78.2 cm³/mol. The van der Waals surface area contributed by atoms with Gasteiger partial charge in [-0.05, 0) is 31.6 Å². The first-order valence-electron chi connectivity index (χ1n) is 6.51. The molecule has 1 N–H and O–H groups in total. The summed E-state index contributed by atoms with van der Waals surface area (Å²) in [7, 11) is 5.88. The van der Waals surface area contributed by atoms with Crippen molar-refractivity contribution in [3.05, 3.63) is 36.0 Å². The summed E-state index contributed by atoms with van der Waals surface area (Å²) in [5.74, 6) is 0.147. The zero-order valence-electron chi connectivity index (χ0n) is 11.8. The van der Waals surface area contributed by atoms with Crippen LogP contribution >= 0.6 is 0 Å². The smallest absolute Gasteiger partial charge is 0.228 e. The van der Waals surface area contributed by atoms with E-state index < -0.39 is 0 Å². The molecule has 2 aromatic rings. The van der Waals surface area contributed by atoms with Gasteiger partial charge >= 0.3 is 0 Å². The number of carbonyl (C=O) groups is 1. The maximum absolute atomic E-state index is 12.1. The summed E-state index contributed by atoms with van der Waals surface area (Å²) in [5, 5.41) is 1.15. The van der Waals surface area contributed by atoms with Crippen LogP contribution in [0.1, 0.15) is 5.69 Å². The van der Waals surface area contributed by atoms with Gasteiger partial charge in [0.1, 0.15) is 0 Å². The highest BCUT2D eigenvalue weighted by Crippen LogP contribution is 2.15. The standard InChI is InChI=1S/C15H21N3O/c1-17(2)8-9-18(3)15(19)11-13-10-12-6-4-5-7-14(12)16-13/h4-7,10,16H,8-9,11H2,1-3H3. The number of hydrogen-bond donors (Lipinski definition) is 1. The molecule has 0 atom stereocenters. The molecule has 19 heavy (non-hydrogen) atoms. The minimum absolute atomic E-state index is 0.147. The molecule has 102 valence electrons. The van der Waals surface area contributed by atoms with Gasteiger partial charge in [0.05, 0.1) is 6.42 Å². The van der Waals surface area contributed by atoms with Crippen molar-refractivity contribution in [1.29, 1.82) is 0 Å². The van der Waals surface area contributed by atoms with Crippen LogP contribution in [0.15, 0.2) is 30.3 Å². The van der Waals surface area contributed by atoms with Gasteiger partial charge in [0, 0.05) is 31.3 Å². The lowest BCUT2D eigenvalue weighted by atomic mass is 10.2. The molecule has 1 amide bonds. The fourth-order valence-corrected chi connectivity index (χ4v) is 2.00. The molecule has 0 aliphatic carbocycles. The van der Waals surface area contributed by atoms with Gasteiger partial charge in [-0.15, -0.1) is 0 Å². The van der Waals surface area contributed by atoms with Crippen molar-refractivity contribution in [3.8, 4) is 0 Å². The van der Waals surface area contributed by atoms with Crippen molar-refractivity contribution in [2.45, 2.75) is 6.42 Å². The average Bonchev–Trinajstić information content (AvgIpc) is 2.77. The molecule has 0 bridgehead atoms. The number of benzene rings is 1. The Hall–Kier alpha value is -1.81. The molecular formula is C15H21N3O. The fraction of sp³-hybridized carbons (Fsp3) is 0.400. The van der Waals surface area contributed by atoms with Crippen LogP contribution in [0.5, 0.6) is 0 Å². The van der Waals surface area contributed by atoms with E-state index in [1.54, 1.807) is 4.90 Å². The summed E-state index contributed by atoms with van der Waals surface area (Å²) in [6.07, 6.45) is 0.429. The Kier molecular flexibility index (Phi) is 4.22. The monoisotopic (exact) mass is 259 g/mol. The number of amides is 1. The SMILES string of the molecule is CN(C)CCN(C)C(=O)Cc1cc2ccccc2[nH]1. The highest BCUT2D eigenvalue weighted by molar-refractivity contribution is 5.84. The summed E-state index contributed by atoms with van der Waals surface area (Å²) >= 11 is 0. The zero-order valence-corrected chi connectivity index (χ0v) is 11.8. The minimum atomic E-state index is 0.147. The van der Waals surface area contributed by atoms with Gasteiger partial charge in [-0.25, -0.2) is 0 Å². The molecule has 2 rings (SSSR count). The number of carbonyl (C=O) groups excluding carboxylic acids is 1. The van der Waals surface area contributed by atoms with Crippen LogP contribution in [-0.4, -0.2) is 54.9 Å². The van der Waals surface area contributed by atoms with E-state index in [0.29, 0.717) is 6.42 Å². The van der Waals surface area contributed by atoms with Gasteiger partial charge < -0.3 is 14.8 Å². The third-order valence-electron chi connectivity index (χ3n) is 3.24. The maximum atomic E-state index is 12.1. The Morgan fingerprint density at radius 2 is 1.89 bits per heavy atom. The van der Waals surface area contributed by atoms with Crippen molar-refractivity contribution in [2.24, 2.45) is 0 Å². The second-order valence-corrected chi connectivity index (χ2v) is 5.18. The summed E-state index contributed by atoms with van der Waals surface area (Å²) in [5.41, 5.74) is 2.06. The molecule has 0 fully saturated rings. The highest BCUT2D eigenvalue weighted by Gasteiger charge is 2.11. The van der Waals surface area contributed by atoms with E-state index >= 15 is 0 Å². The molecule has 0 aliphatic rings. The van der Waals surface area contributed by atoms with Crippen molar-refractivity contribution in [2.75, 3.05) is 34.2 Å². The summed E-state index contributed by atoms with van der Waals surface area (Å²) in [6, 6.07) is 10.1. The Balaban J connectivity index is 1.98. The van der Waals surface area contributed by atoms with Crippen molar-refractivity contribution in [3.63, 3.8) is 0 Å². The minimum Gasteiger partial charge on any atom is -0.358 e. The summed E-state index contributed by atoms with van der Waals surface area (Å²) < 4.78 is 0. The van der Waals surface area contributed by atoms with E-state index in [9.17, 15) is 4.79 Å². The number of para-hydroxylation sites is 1. The molecule has 0 spiro atoms. The largest absolute Gasteiger partial charge is 0.358 e. The number of nitrogens with zero attached hydrogens (tertiary/aromatic N) is 2. The second kappa shape index (κ2) is 5.89. The number of aromatic amines is 1. The molecule has 0 saturated heterocycles. The molecule has 0 aliphatic heterocycles. The lowest BCUT2D eigenvalue weighted by Gasteiger charge is -2.19. The second-order valence-electron chi connectivity index (χ2n) is 5.18. The van der Waals surface area contributed by atoms with Gasteiger partial charge in [-0.1, -0.05) is 18.2 Å². The first-order valence-corrected chi connectivity index (χ1v) is 6.51. The van der Waals surface area contributed by atoms with Gasteiger partial charge in [-0.2, -0.15) is 0 Å².